The molecule has 3 rings (SSSR count). The van der Waals surface area contributed by atoms with Crippen molar-refractivity contribution in [3.8, 4) is 5.75 Å². The molecule has 2 fully saturated rings. The minimum atomic E-state index is -1.00. The number of nitrogens with zero attached hydrogens (tertiary/aromatic N) is 1. The molecule has 2 amide bonds. The number of carboxylic acids is 1. The molecule has 0 spiro atoms. The second-order valence-electron chi connectivity index (χ2n) is 7.87. The highest BCUT2D eigenvalue weighted by atomic mass is 16.5. The molecule has 7 heteroatoms. The summed E-state index contributed by atoms with van der Waals surface area (Å²) in [6.07, 6.45) is 4.81. The maximum Gasteiger partial charge on any atom is 0.326 e. The van der Waals surface area contributed by atoms with Gasteiger partial charge >= 0.3 is 5.97 Å². The summed E-state index contributed by atoms with van der Waals surface area (Å²) in [6.45, 7) is 4.09. The van der Waals surface area contributed by atoms with Gasteiger partial charge < -0.3 is 20.1 Å². The summed E-state index contributed by atoms with van der Waals surface area (Å²) >= 11 is 0. The molecule has 1 aliphatic carbocycles. The molecule has 1 aromatic rings. The first-order valence-corrected chi connectivity index (χ1v) is 9.94. The van der Waals surface area contributed by atoms with Gasteiger partial charge in [0, 0.05) is 17.6 Å². The van der Waals surface area contributed by atoms with Crippen LogP contribution in [0.1, 0.15) is 56.3 Å². The van der Waals surface area contributed by atoms with Crippen molar-refractivity contribution < 1.29 is 24.2 Å². The van der Waals surface area contributed by atoms with Crippen molar-refractivity contribution in [2.75, 3.05) is 6.61 Å². The number of rotatable bonds is 7. The van der Waals surface area contributed by atoms with Crippen LogP contribution < -0.4 is 10.1 Å². The van der Waals surface area contributed by atoms with Crippen molar-refractivity contribution in [1.29, 1.82) is 0 Å². The maximum atomic E-state index is 12.5. The number of amides is 2. The highest BCUT2D eigenvalue weighted by Crippen LogP contribution is 2.33. The van der Waals surface area contributed by atoms with Crippen LogP contribution >= 0.6 is 0 Å². The lowest BCUT2D eigenvalue weighted by atomic mass is 9.97. The molecule has 0 radical (unpaired) electrons. The van der Waals surface area contributed by atoms with Crippen LogP contribution in [0.2, 0.25) is 0 Å². The van der Waals surface area contributed by atoms with Crippen LogP contribution in [0.15, 0.2) is 24.3 Å². The Kier molecular flexibility index (Phi) is 6.21. The Morgan fingerprint density at radius 2 is 1.71 bits per heavy atom. The Morgan fingerprint density at radius 1 is 1.11 bits per heavy atom. The minimum absolute atomic E-state index is 0.0228. The fourth-order valence-corrected chi connectivity index (χ4v) is 3.87. The molecule has 152 valence electrons. The predicted molar refractivity (Wildman–Crippen MR) is 103 cm³/mol. The molecular weight excluding hydrogens is 360 g/mol. The normalized spacial score (nSPS) is 23.0. The summed E-state index contributed by atoms with van der Waals surface area (Å²) in [5.41, 5.74) is 0.365. The fourth-order valence-electron chi connectivity index (χ4n) is 3.87. The number of likely N-dealkylation sites (tertiary alicyclic amines) is 1. The van der Waals surface area contributed by atoms with Crippen LogP contribution in [0.3, 0.4) is 0 Å². The number of aliphatic carboxylic acids is 1. The molecule has 1 saturated carbocycles. The number of carbonyl (C=O) groups excluding carboxylic acids is 2. The van der Waals surface area contributed by atoms with Crippen molar-refractivity contribution in [3.05, 3.63) is 29.8 Å². The minimum Gasteiger partial charge on any atom is -0.484 e. The van der Waals surface area contributed by atoms with E-state index >= 15 is 0 Å². The van der Waals surface area contributed by atoms with E-state index in [1.54, 1.807) is 24.3 Å². The number of carboxylic acid groups (broad SMARTS) is 1. The molecule has 1 saturated heterocycles. The van der Waals surface area contributed by atoms with Crippen molar-refractivity contribution in [2.24, 2.45) is 5.92 Å². The van der Waals surface area contributed by atoms with E-state index < -0.39 is 17.9 Å². The first-order valence-electron chi connectivity index (χ1n) is 9.94. The van der Waals surface area contributed by atoms with Gasteiger partial charge in [-0.15, -0.1) is 0 Å². The number of hydrogen-bond donors (Lipinski definition) is 2. The SMILES string of the molecule is CC1CCCC(C)N1C(=O)COc1ccc(C(=O)NC(C(=O)O)C2CC2)cc1. The van der Waals surface area contributed by atoms with E-state index in [4.69, 9.17) is 4.74 Å². The van der Waals surface area contributed by atoms with Gasteiger partial charge in [-0.1, -0.05) is 0 Å². The van der Waals surface area contributed by atoms with Crippen LogP contribution in [0.5, 0.6) is 5.75 Å². The van der Waals surface area contributed by atoms with E-state index in [1.165, 1.54) is 0 Å². The van der Waals surface area contributed by atoms with Crippen molar-refractivity contribution in [1.82, 2.24) is 10.2 Å². The molecule has 1 aromatic carbocycles. The van der Waals surface area contributed by atoms with Gasteiger partial charge in [-0.25, -0.2) is 4.79 Å². The second-order valence-corrected chi connectivity index (χ2v) is 7.87. The van der Waals surface area contributed by atoms with Gasteiger partial charge in [0.05, 0.1) is 0 Å². The largest absolute Gasteiger partial charge is 0.484 e. The highest BCUT2D eigenvalue weighted by molar-refractivity contribution is 5.96. The maximum absolute atomic E-state index is 12.5. The summed E-state index contributed by atoms with van der Waals surface area (Å²) < 4.78 is 5.60. The molecule has 7 nitrogen and oxygen atoms in total. The lowest BCUT2D eigenvalue weighted by molar-refractivity contribution is -0.140. The van der Waals surface area contributed by atoms with Gasteiger partial charge in [-0.05, 0) is 76.1 Å². The van der Waals surface area contributed by atoms with Gasteiger partial charge in [-0.3, -0.25) is 9.59 Å². The molecule has 1 aliphatic heterocycles. The van der Waals surface area contributed by atoms with Gasteiger partial charge in [0.25, 0.3) is 11.8 Å². The summed E-state index contributed by atoms with van der Waals surface area (Å²) in [6, 6.07) is 6.00. The van der Waals surface area contributed by atoms with E-state index in [0.29, 0.717) is 11.3 Å². The zero-order chi connectivity index (χ0) is 20.3. The van der Waals surface area contributed by atoms with Crippen LogP contribution in [-0.2, 0) is 9.59 Å². The standard InChI is InChI=1S/C21H28N2O5/c1-13-4-3-5-14(2)23(13)18(24)12-28-17-10-8-16(9-11-17)20(25)22-19(21(26)27)15-6-7-15/h8-11,13-15,19H,3-7,12H2,1-2H3,(H,22,25)(H,26,27). The number of carbonyl (C=O) groups is 3. The van der Waals surface area contributed by atoms with Gasteiger partial charge in [0.15, 0.2) is 6.61 Å². The summed E-state index contributed by atoms with van der Waals surface area (Å²) in [7, 11) is 0. The fraction of sp³-hybridized carbons (Fsp3) is 0.571. The molecule has 1 heterocycles. The zero-order valence-corrected chi connectivity index (χ0v) is 16.4. The second kappa shape index (κ2) is 8.63. The monoisotopic (exact) mass is 388 g/mol. The van der Waals surface area contributed by atoms with E-state index in [-0.39, 0.29) is 30.5 Å². The lowest BCUT2D eigenvalue weighted by Crippen LogP contribution is -2.49. The first-order chi connectivity index (χ1) is 13.4. The third-order valence-corrected chi connectivity index (χ3v) is 5.61. The number of nitrogens with one attached hydrogen (secondary N) is 1. The zero-order valence-electron chi connectivity index (χ0n) is 16.4. The Hall–Kier alpha value is -2.57. The van der Waals surface area contributed by atoms with Crippen LogP contribution in [0.25, 0.3) is 0 Å². The molecule has 0 bridgehead atoms. The van der Waals surface area contributed by atoms with E-state index in [9.17, 15) is 19.5 Å². The predicted octanol–water partition coefficient (Wildman–Crippen LogP) is 2.45. The summed E-state index contributed by atoms with van der Waals surface area (Å²) in [5, 5.41) is 11.8. The Labute approximate surface area is 165 Å². The highest BCUT2D eigenvalue weighted by Gasteiger charge is 2.37. The number of piperidine rings is 1. The van der Waals surface area contributed by atoms with Crippen molar-refractivity contribution >= 4 is 17.8 Å². The van der Waals surface area contributed by atoms with Gasteiger partial charge in [0.2, 0.25) is 0 Å². The van der Waals surface area contributed by atoms with Gasteiger partial charge in [-0.2, -0.15) is 0 Å². The molecule has 0 aromatic heterocycles. The van der Waals surface area contributed by atoms with E-state index in [0.717, 1.165) is 32.1 Å². The molecule has 3 unspecified atom stereocenters. The summed E-state index contributed by atoms with van der Waals surface area (Å²) in [5.74, 6) is -0.933. The van der Waals surface area contributed by atoms with Gasteiger partial charge in [0.1, 0.15) is 11.8 Å². The third kappa shape index (κ3) is 4.82. The van der Waals surface area contributed by atoms with Crippen LogP contribution in [0, 0.1) is 5.92 Å². The first kappa shape index (κ1) is 20.2. The number of ether oxygens (including phenoxy) is 1. The Bertz CT molecular complexity index is 719. The van der Waals surface area contributed by atoms with Crippen LogP contribution in [-0.4, -0.2) is 52.5 Å². The van der Waals surface area contributed by atoms with E-state index in [1.807, 2.05) is 4.90 Å². The van der Waals surface area contributed by atoms with Crippen LogP contribution in [0.4, 0.5) is 0 Å². The van der Waals surface area contributed by atoms with Crippen molar-refractivity contribution in [3.63, 3.8) is 0 Å². The lowest BCUT2D eigenvalue weighted by Gasteiger charge is -2.38. The third-order valence-electron chi connectivity index (χ3n) is 5.61. The Morgan fingerprint density at radius 3 is 2.25 bits per heavy atom. The Balaban J connectivity index is 1.53. The smallest absolute Gasteiger partial charge is 0.326 e. The average molecular weight is 388 g/mol. The molecule has 3 atom stereocenters. The average Bonchev–Trinajstić information content (AvgIpc) is 3.49. The molecule has 2 N–H and O–H groups in total. The molecule has 28 heavy (non-hydrogen) atoms. The van der Waals surface area contributed by atoms with E-state index in [2.05, 4.69) is 19.2 Å². The van der Waals surface area contributed by atoms with Crippen molar-refractivity contribution in [2.45, 2.75) is 64.1 Å². The number of benzene rings is 1. The quantitative estimate of drug-likeness (QED) is 0.748. The topological polar surface area (TPSA) is 95.9 Å². The summed E-state index contributed by atoms with van der Waals surface area (Å²) in [4.78, 5) is 37.9. The molecule has 2 aliphatic rings. The molecular formula is C21H28N2O5. The number of hydrogen-bond acceptors (Lipinski definition) is 4.